The predicted molar refractivity (Wildman–Crippen MR) is 85.7 cm³/mol. The Hall–Kier alpha value is -1.96. The van der Waals surface area contributed by atoms with Gasteiger partial charge in [-0.3, -0.25) is 24.6 Å². The summed E-state index contributed by atoms with van der Waals surface area (Å²) in [7, 11) is 0. The molecule has 0 fully saturated rings. The SMILES string of the molecule is CCCCC(=O)C(NNC(C)=O)(NC(=O)CC)NC(=O)CCC. The first-order chi connectivity index (χ1) is 10.8. The Morgan fingerprint density at radius 1 is 0.870 bits per heavy atom. The number of hydrogen-bond donors (Lipinski definition) is 4. The summed E-state index contributed by atoms with van der Waals surface area (Å²) in [5.74, 6) is -3.52. The molecule has 0 aromatic rings. The molecular formula is C15H28N4O4. The van der Waals surface area contributed by atoms with Gasteiger partial charge in [-0.15, -0.1) is 0 Å². The molecule has 8 heteroatoms. The number of rotatable bonds is 11. The van der Waals surface area contributed by atoms with Crippen LogP contribution in [0.3, 0.4) is 0 Å². The second-order valence-corrected chi connectivity index (χ2v) is 5.28. The van der Waals surface area contributed by atoms with Crippen LogP contribution in [-0.2, 0) is 19.2 Å². The third kappa shape index (κ3) is 7.73. The van der Waals surface area contributed by atoms with Gasteiger partial charge in [-0.05, 0) is 12.8 Å². The Labute approximate surface area is 137 Å². The fraction of sp³-hybridized carbons (Fsp3) is 0.733. The summed E-state index contributed by atoms with van der Waals surface area (Å²) in [4.78, 5) is 47.6. The summed E-state index contributed by atoms with van der Waals surface area (Å²) in [6.45, 7) is 6.63. The maximum atomic E-state index is 12.6. The van der Waals surface area contributed by atoms with Crippen molar-refractivity contribution in [2.75, 3.05) is 0 Å². The number of Topliss-reactive ketones (excluding diaryl/α,β-unsaturated/α-hetero) is 1. The van der Waals surface area contributed by atoms with Crippen LogP contribution in [0.1, 0.15) is 66.2 Å². The van der Waals surface area contributed by atoms with Crippen LogP contribution in [0.5, 0.6) is 0 Å². The number of carbonyl (C=O) groups is 4. The van der Waals surface area contributed by atoms with Crippen LogP contribution < -0.4 is 21.5 Å². The Kier molecular flexibility index (Phi) is 9.80. The molecule has 0 rings (SSSR count). The smallest absolute Gasteiger partial charge is 0.246 e. The lowest BCUT2D eigenvalue weighted by atomic mass is 10.1. The molecule has 4 N–H and O–H groups in total. The van der Waals surface area contributed by atoms with E-state index in [1.165, 1.54) is 6.92 Å². The molecule has 0 aliphatic carbocycles. The molecule has 8 nitrogen and oxygen atoms in total. The van der Waals surface area contributed by atoms with Gasteiger partial charge in [-0.2, -0.15) is 5.43 Å². The van der Waals surface area contributed by atoms with Gasteiger partial charge in [0.2, 0.25) is 23.5 Å². The van der Waals surface area contributed by atoms with Crippen molar-refractivity contribution in [3.8, 4) is 0 Å². The van der Waals surface area contributed by atoms with Crippen LogP contribution in [0.15, 0.2) is 0 Å². The Morgan fingerprint density at radius 3 is 1.96 bits per heavy atom. The van der Waals surface area contributed by atoms with E-state index in [9.17, 15) is 19.2 Å². The van der Waals surface area contributed by atoms with E-state index in [1.54, 1.807) is 6.92 Å². The fourth-order valence-electron chi connectivity index (χ4n) is 1.81. The molecule has 3 amide bonds. The quantitative estimate of drug-likeness (QED) is 0.325. The summed E-state index contributed by atoms with van der Waals surface area (Å²) < 4.78 is 0. The van der Waals surface area contributed by atoms with E-state index in [0.29, 0.717) is 12.8 Å². The molecule has 23 heavy (non-hydrogen) atoms. The molecule has 0 saturated heterocycles. The Bertz CT molecular complexity index is 439. The molecule has 0 aromatic heterocycles. The molecule has 0 aromatic carbocycles. The minimum Gasteiger partial charge on any atom is -0.313 e. The molecule has 0 bridgehead atoms. The normalized spacial score (nSPS) is 12.9. The second-order valence-electron chi connectivity index (χ2n) is 5.28. The molecule has 0 spiro atoms. The van der Waals surface area contributed by atoms with E-state index < -0.39 is 29.3 Å². The summed E-state index contributed by atoms with van der Waals surface area (Å²) in [6, 6.07) is 0. The van der Waals surface area contributed by atoms with Crippen LogP contribution >= 0.6 is 0 Å². The lowest BCUT2D eigenvalue weighted by Crippen LogP contribution is -2.76. The van der Waals surface area contributed by atoms with Gasteiger partial charge in [0.15, 0.2) is 5.78 Å². The summed E-state index contributed by atoms with van der Waals surface area (Å²) in [5, 5.41) is 5.00. The number of amides is 3. The number of carbonyl (C=O) groups excluding carboxylic acids is 4. The fourth-order valence-corrected chi connectivity index (χ4v) is 1.81. The standard InChI is InChI=1S/C15H28N4O4/c1-5-8-10-12(21)15(16-13(22)7-3,19-18-11(4)20)17-14(23)9-6-2/h19H,5-10H2,1-4H3,(H,16,22)(H,17,23)(H,18,20). The highest BCUT2D eigenvalue weighted by Gasteiger charge is 2.40. The highest BCUT2D eigenvalue weighted by atomic mass is 16.2. The lowest BCUT2D eigenvalue weighted by Gasteiger charge is -2.34. The van der Waals surface area contributed by atoms with Crippen molar-refractivity contribution in [3.05, 3.63) is 0 Å². The van der Waals surface area contributed by atoms with Crippen molar-refractivity contribution in [2.24, 2.45) is 0 Å². The van der Waals surface area contributed by atoms with Crippen LogP contribution in [0.2, 0.25) is 0 Å². The third-order valence-electron chi connectivity index (χ3n) is 3.05. The first kappa shape index (κ1) is 21.0. The molecular weight excluding hydrogens is 300 g/mol. The highest BCUT2D eigenvalue weighted by Crippen LogP contribution is 2.07. The van der Waals surface area contributed by atoms with E-state index in [1.807, 2.05) is 13.8 Å². The van der Waals surface area contributed by atoms with Crippen LogP contribution in [-0.4, -0.2) is 29.3 Å². The molecule has 0 radical (unpaired) electrons. The van der Waals surface area contributed by atoms with Gasteiger partial charge in [0.1, 0.15) is 0 Å². The van der Waals surface area contributed by atoms with Crippen molar-refractivity contribution >= 4 is 23.5 Å². The predicted octanol–water partition coefficient (Wildman–Crippen LogP) is 0.483. The Balaban J connectivity index is 5.47. The molecule has 1 atom stereocenters. The first-order valence-corrected chi connectivity index (χ1v) is 8.00. The van der Waals surface area contributed by atoms with Crippen molar-refractivity contribution < 1.29 is 19.2 Å². The van der Waals surface area contributed by atoms with Crippen molar-refractivity contribution in [3.63, 3.8) is 0 Å². The van der Waals surface area contributed by atoms with Crippen LogP contribution in [0.4, 0.5) is 0 Å². The van der Waals surface area contributed by atoms with Gasteiger partial charge in [0, 0.05) is 26.2 Å². The zero-order valence-corrected chi connectivity index (χ0v) is 14.4. The molecule has 1 unspecified atom stereocenters. The van der Waals surface area contributed by atoms with Gasteiger partial charge >= 0.3 is 0 Å². The number of unbranched alkanes of at least 4 members (excludes halogenated alkanes) is 1. The largest absolute Gasteiger partial charge is 0.313 e. The van der Waals surface area contributed by atoms with Gasteiger partial charge in [0.25, 0.3) is 0 Å². The van der Waals surface area contributed by atoms with E-state index >= 15 is 0 Å². The maximum absolute atomic E-state index is 12.6. The van der Waals surface area contributed by atoms with Crippen molar-refractivity contribution in [1.29, 1.82) is 0 Å². The molecule has 0 heterocycles. The van der Waals surface area contributed by atoms with Crippen molar-refractivity contribution in [2.45, 2.75) is 72.0 Å². The van der Waals surface area contributed by atoms with E-state index in [-0.39, 0.29) is 19.3 Å². The lowest BCUT2D eigenvalue weighted by molar-refractivity contribution is -0.141. The average Bonchev–Trinajstić information content (AvgIpc) is 2.50. The first-order valence-electron chi connectivity index (χ1n) is 8.00. The summed E-state index contributed by atoms with van der Waals surface area (Å²) in [6.07, 6.45) is 2.47. The molecule has 132 valence electrons. The van der Waals surface area contributed by atoms with Crippen LogP contribution in [0, 0.1) is 0 Å². The summed E-state index contributed by atoms with van der Waals surface area (Å²) in [5.41, 5.74) is 4.76. The van der Waals surface area contributed by atoms with E-state index in [2.05, 4.69) is 21.5 Å². The molecule has 0 aliphatic rings. The van der Waals surface area contributed by atoms with Gasteiger partial charge in [-0.25, -0.2) is 0 Å². The average molecular weight is 328 g/mol. The van der Waals surface area contributed by atoms with E-state index in [0.717, 1.165) is 6.42 Å². The molecule has 0 aliphatic heterocycles. The topological polar surface area (TPSA) is 116 Å². The minimum atomic E-state index is -1.83. The summed E-state index contributed by atoms with van der Waals surface area (Å²) >= 11 is 0. The number of ketones is 1. The Morgan fingerprint density at radius 2 is 1.48 bits per heavy atom. The van der Waals surface area contributed by atoms with Gasteiger partial charge < -0.3 is 10.6 Å². The monoisotopic (exact) mass is 328 g/mol. The zero-order chi connectivity index (χ0) is 17.9. The molecule has 0 saturated carbocycles. The second kappa shape index (κ2) is 10.7. The third-order valence-corrected chi connectivity index (χ3v) is 3.05. The number of hydrogen-bond acceptors (Lipinski definition) is 5. The van der Waals surface area contributed by atoms with Crippen LogP contribution in [0.25, 0.3) is 0 Å². The zero-order valence-electron chi connectivity index (χ0n) is 14.4. The number of nitrogens with one attached hydrogen (secondary N) is 4. The van der Waals surface area contributed by atoms with Gasteiger partial charge in [-0.1, -0.05) is 27.2 Å². The van der Waals surface area contributed by atoms with Crippen molar-refractivity contribution in [1.82, 2.24) is 21.5 Å². The maximum Gasteiger partial charge on any atom is 0.246 e. The highest BCUT2D eigenvalue weighted by molar-refractivity contribution is 5.95. The van der Waals surface area contributed by atoms with E-state index in [4.69, 9.17) is 0 Å². The number of hydrazine groups is 1. The minimum absolute atomic E-state index is 0.133. The van der Waals surface area contributed by atoms with Gasteiger partial charge in [0.05, 0.1) is 0 Å².